The number of amides is 1. The maximum absolute atomic E-state index is 12.5. The molecule has 0 fully saturated rings. The van der Waals surface area contributed by atoms with Crippen molar-refractivity contribution in [2.45, 2.75) is 17.9 Å². The quantitative estimate of drug-likeness (QED) is 0.433. The monoisotopic (exact) mass is 484 g/mol. The fourth-order valence-corrected chi connectivity index (χ4v) is 4.27. The van der Waals surface area contributed by atoms with Crippen molar-refractivity contribution in [3.8, 4) is 17.2 Å². The third-order valence-corrected chi connectivity index (χ3v) is 6.62. The zero-order valence-electron chi connectivity index (χ0n) is 19.3. The first-order valence-corrected chi connectivity index (χ1v) is 12.1. The SMILES string of the molecule is COc1ccc(S(=O)(=O)NCc2ccc(C(=O)NCCc3ccc(OC)c(OC)c3)cc2)cc1. The summed E-state index contributed by atoms with van der Waals surface area (Å²) in [7, 11) is 1.02. The average Bonchev–Trinajstić information content (AvgIpc) is 2.87. The van der Waals surface area contributed by atoms with Crippen LogP contribution in [0.15, 0.2) is 71.6 Å². The Bertz CT molecular complexity index is 1210. The normalized spacial score (nSPS) is 11.0. The predicted octanol–water partition coefficient (Wildman–Crippen LogP) is 3.16. The number of rotatable bonds is 11. The van der Waals surface area contributed by atoms with Crippen LogP contribution in [0.5, 0.6) is 17.2 Å². The summed E-state index contributed by atoms with van der Waals surface area (Å²) < 4.78 is 43.1. The molecular weight excluding hydrogens is 456 g/mol. The number of carbonyl (C=O) groups excluding carboxylic acids is 1. The lowest BCUT2D eigenvalue weighted by Crippen LogP contribution is -2.26. The van der Waals surface area contributed by atoms with Gasteiger partial charge in [0.2, 0.25) is 10.0 Å². The molecule has 0 aromatic heterocycles. The summed E-state index contributed by atoms with van der Waals surface area (Å²) in [5, 5.41) is 2.89. The number of ether oxygens (including phenoxy) is 3. The smallest absolute Gasteiger partial charge is 0.251 e. The number of hydrogen-bond donors (Lipinski definition) is 2. The molecule has 0 atom stereocenters. The van der Waals surface area contributed by atoms with Crippen LogP contribution in [0.25, 0.3) is 0 Å². The Hall–Kier alpha value is -3.56. The molecule has 34 heavy (non-hydrogen) atoms. The average molecular weight is 485 g/mol. The highest BCUT2D eigenvalue weighted by Gasteiger charge is 2.14. The van der Waals surface area contributed by atoms with Crippen molar-refractivity contribution in [3.63, 3.8) is 0 Å². The fraction of sp³-hybridized carbons (Fsp3) is 0.240. The van der Waals surface area contributed by atoms with E-state index in [9.17, 15) is 13.2 Å². The maximum atomic E-state index is 12.5. The number of methoxy groups -OCH3 is 3. The van der Waals surface area contributed by atoms with E-state index in [-0.39, 0.29) is 17.3 Å². The first-order valence-electron chi connectivity index (χ1n) is 10.6. The number of nitrogens with one attached hydrogen (secondary N) is 2. The second kappa shape index (κ2) is 11.5. The Morgan fingerprint density at radius 3 is 2.06 bits per heavy atom. The number of sulfonamides is 1. The Labute approximate surface area is 199 Å². The maximum Gasteiger partial charge on any atom is 0.251 e. The van der Waals surface area contributed by atoms with Crippen LogP contribution < -0.4 is 24.2 Å². The van der Waals surface area contributed by atoms with Crippen LogP contribution in [0.2, 0.25) is 0 Å². The van der Waals surface area contributed by atoms with Crippen molar-refractivity contribution < 1.29 is 27.4 Å². The second-order valence-corrected chi connectivity index (χ2v) is 9.16. The molecule has 2 N–H and O–H groups in total. The third kappa shape index (κ3) is 6.49. The van der Waals surface area contributed by atoms with Crippen molar-refractivity contribution in [2.24, 2.45) is 0 Å². The Morgan fingerprint density at radius 2 is 1.44 bits per heavy atom. The molecule has 0 radical (unpaired) electrons. The lowest BCUT2D eigenvalue weighted by molar-refractivity contribution is 0.0954. The first-order chi connectivity index (χ1) is 16.4. The topological polar surface area (TPSA) is 103 Å². The molecule has 3 aromatic carbocycles. The van der Waals surface area contributed by atoms with Gasteiger partial charge >= 0.3 is 0 Å². The van der Waals surface area contributed by atoms with Crippen molar-refractivity contribution in [1.29, 1.82) is 0 Å². The molecule has 0 saturated heterocycles. The van der Waals surface area contributed by atoms with Crippen LogP contribution in [0.3, 0.4) is 0 Å². The minimum Gasteiger partial charge on any atom is -0.497 e. The van der Waals surface area contributed by atoms with E-state index in [1.165, 1.54) is 19.2 Å². The molecule has 3 rings (SSSR count). The molecule has 0 spiro atoms. The summed E-state index contributed by atoms with van der Waals surface area (Å²) in [5.41, 5.74) is 2.24. The summed E-state index contributed by atoms with van der Waals surface area (Å²) in [6, 6.07) is 18.6. The van der Waals surface area contributed by atoms with E-state index in [4.69, 9.17) is 14.2 Å². The van der Waals surface area contributed by atoms with Crippen LogP contribution in [-0.2, 0) is 23.0 Å². The van der Waals surface area contributed by atoms with Crippen LogP contribution in [0.4, 0.5) is 0 Å². The van der Waals surface area contributed by atoms with Crippen LogP contribution in [0, 0.1) is 0 Å². The van der Waals surface area contributed by atoms with E-state index in [0.717, 1.165) is 11.1 Å². The van der Waals surface area contributed by atoms with Crippen LogP contribution >= 0.6 is 0 Å². The molecule has 0 bridgehead atoms. The van der Waals surface area contributed by atoms with Crippen LogP contribution in [-0.4, -0.2) is 42.2 Å². The zero-order valence-corrected chi connectivity index (χ0v) is 20.1. The van der Waals surface area contributed by atoms with E-state index in [0.29, 0.717) is 35.8 Å². The molecule has 0 saturated carbocycles. The summed E-state index contributed by atoms with van der Waals surface area (Å²) >= 11 is 0. The van der Waals surface area contributed by atoms with Gasteiger partial charge in [0.25, 0.3) is 5.91 Å². The van der Waals surface area contributed by atoms with E-state index in [2.05, 4.69) is 10.0 Å². The molecule has 0 heterocycles. The van der Waals surface area contributed by atoms with Gasteiger partial charge in [-0.2, -0.15) is 0 Å². The molecule has 0 aliphatic carbocycles. The Balaban J connectivity index is 1.51. The van der Waals surface area contributed by atoms with Crippen molar-refractivity contribution in [2.75, 3.05) is 27.9 Å². The third-order valence-electron chi connectivity index (χ3n) is 5.20. The van der Waals surface area contributed by atoms with Gasteiger partial charge in [-0.3, -0.25) is 4.79 Å². The minimum absolute atomic E-state index is 0.107. The zero-order chi connectivity index (χ0) is 24.6. The minimum atomic E-state index is -3.66. The standard InChI is InChI=1S/C25H28N2O6S/c1-31-21-9-11-22(12-10-21)34(29,30)27-17-19-4-7-20(8-5-19)25(28)26-15-14-18-6-13-23(32-2)24(16-18)33-3/h4-13,16,27H,14-15,17H2,1-3H3,(H,26,28). The van der Waals surface area contributed by atoms with Gasteiger partial charge < -0.3 is 19.5 Å². The molecule has 0 aliphatic rings. The van der Waals surface area contributed by atoms with E-state index in [1.807, 2.05) is 18.2 Å². The highest BCUT2D eigenvalue weighted by Crippen LogP contribution is 2.27. The van der Waals surface area contributed by atoms with Gasteiger partial charge in [-0.25, -0.2) is 13.1 Å². The largest absolute Gasteiger partial charge is 0.497 e. The summed E-state index contributed by atoms with van der Waals surface area (Å²) in [4.78, 5) is 12.6. The molecule has 8 nitrogen and oxygen atoms in total. The number of benzene rings is 3. The highest BCUT2D eigenvalue weighted by atomic mass is 32.2. The Morgan fingerprint density at radius 1 is 0.794 bits per heavy atom. The van der Waals surface area contributed by atoms with E-state index in [1.54, 1.807) is 50.6 Å². The number of carbonyl (C=O) groups is 1. The van der Waals surface area contributed by atoms with Crippen molar-refractivity contribution >= 4 is 15.9 Å². The van der Waals surface area contributed by atoms with Crippen LogP contribution in [0.1, 0.15) is 21.5 Å². The molecule has 1 amide bonds. The van der Waals surface area contributed by atoms with E-state index >= 15 is 0 Å². The van der Waals surface area contributed by atoms with E-state index < -0.39 is 10.0 Å². The lowest BCUT2D eigenvalue weighted by Gasteiger charge is -2.10. The van der Waals surface area contributed by atoms with Crippen molar-refractivity contribution in [1.82, 2.24) is 10.0 Å². The van der Waals surface area contributed by atoms with Gasteiger partial charge in [-0.05, 0) is 66.1 Å². The van der Waals surface area contributed by atoms with Gasteiger partial charge in [-0.15, -0.1) is 0 Å². The summed E-state index contributed by atoms with van der Waals surface area (Å²) in [6.07, 6.45) is 0.636. The van der Waals surface area contributed by atoms with Gasteiger partial charge in [0.15, 0.2) is 11.5 Å². The van der Waals surface area contributed by atoms with Gasteiger partial charge in [0.05, 0.1) is 26.2 Å². The van der Waals surface area contributed by atoms with Crippen molar-refractivity contribution in [3.05, 3.63) is 83.4 Å². The second-order valence-electron chi connectivity index (χ2n) is 7.39. The van der Waals surface area contributed by atoms with Gasteiger partial charge in [-0.1, -0.05) is 18.2 Å². The highest BCUT2D eigenvalue weighted by molar-refractivity contribution is 7.89. The Kier molecular flexibility index (Phi) is 8.50. The summed E-state index contributed by atoms with van der Waals surface area (Å²) in [6.45, 7) is 0.563. The fourth-order valence-electron chi connectivity index (χ4n) is 3.25. The molecule has 180 valence electrons. The molecule has 0 aliphatic heterocycles. The molecular formula is C25H28N2O6S. The summed E-state index contributed by atoms with van der Waals surface area (Å²) in [5.74, 6) is 1.67. The van der Waals surface area contributed by atoms with Gasteiger partial charge in [0, 0.05) is 18.7 Å². The number of hydrogen-bond acceptors (Lipinski definition) is 6. The molecule has 0 unspecified atom stereocenters. The predicted molar refractivity (Wildman–Crippen MR) is 129 cm³/mol. The van der Waals surface area contributed by atoms with Gasteiger partial charge in [0.1, 0.15) is 5.75 Å². The lowest BCUT2D eigenvalue weighted by atomic mass is 10.1. The molecule has 3 aromatic rings. The molecule has 9 heteroatoms. The first kappa shape index (κ1) is 25.1.